The molecule has 0 amide bonds. The first-order valence-electron chi connectivity index (χ1n) is 4.61. The van der Waals surface area contributed by atoms with Crippen molar-refractivity contribution in [1.82, 2.24) is 14.5 Å². The number of nitrogens with zero attached hydrogens (tertiary/aromatic N) is 3. The van der Waals surface area contributed by atoms with Gasteiger partial charge in [0, 0.05) is 12.6 Å². The number of aromatic nitrogens is 2. The van der Waals surface area contributed by atoms with Crippen LogP contribution in [0, 0.1) is 0 Å². The molecule has 0 bridgehead atoms. The number of nitrogen functional groups attached to an aromatic ring is 1. The molecule has 0 aliphatic rings. The second-order valence-corrected chi connectivity index (χ2v) is 6.44. The highest BCUT2D eigenvalue weighted by molar-refractivity contribution is 7.91. The number of rotatable bonds is 5. The molecule has 0 fully saturated rings. The van der Waals surface area contributed by atoms with Gasteiger partial charge in [-0.1, -0.05) is 17.4 Å². The van der Waals surface area contributed by atoms with Gasteiger partial charge in [0.2, 0.25) is 9.47 Å². The first-order chi connectivity index (χ1) is 7.39. The molecular formula is C8H14N4O2S2. The fourth-order valence-electron chi connectivity index (χ4n) is 1.14. The van der Waals surface area contributed by atoms with E-state index in [1.807, 2.05) is 0 Å². The van der Waals surface area contributed by atoms with E-state index in [9.17, 15) is 8.42 Å². The summed E-state index contributed by atoms with van der Waals surface area (Å²) in [5.41, 5.74) is 5.37. The third kappa shape index (κ3) is 2.57. The van der Waals surface area contributed by atoms with E-state index in [0.717, 1.165) is 11.3 Å². The van der Waals surface area contributed by atoms with Crippen LogP contribution >= 0.6 is 11.3 Å². The van der Waals surface area contributed by atoms with Gasteiger partial charge in [-0.25, -0.2) is 8.42 Å². The Kier molecular flexibility index (Phi) is 4.00. The molecule has 0 aliphatic heterocycles. The van der Waals surface area contributed by atoms with E-state index in [1.54, 1.807) is 13.8 Å². The first kappa shape index (κ1) is 13.1. The second kappa shape index (κ2) is 4.89. The van der Waals surface area contributed by atoms with Gasteiger partial charge < -0.3 is 5.73 Å². The fourth-order valence-corrected chi connectivity index (χ4v) is 3.65. The van der Waals surface area contributed by atoms with Gasteiger partial charge >= 0.3 is 0 Å². The highest BCUT2D eigenvalue weighted by atomic mass is 32.2. The van der Waals surface area contributed by atoms with E-state index >= 15 is 0 Å². The molecule has 0 spiro atoms. The summed E-state index contributed by atoms with van der Waals surface area (Å²) in [6, 6.07) is -0.173. The van der Waals surface area contributed by atoms with Crippen LogP contribution in [-0.4, -0.2) is 35.5 Å². The van der Waals surface area contributed by atoms with Crippen molar-refractivity contribution in [3.63, 3.8) is 0 Å². The Hall–Kier alpha value is -0.990. The topological polar surface area (TPSA) is 89.2 Å². The summed E-state index contributed by atoms with van der Waals surface area (Å²) in [6.07, 6.45) is 1.53. The van der Waals surface area contributed by atoms with Crippen LogP contribution in [-0.2, 0) is 10.0 Å². The first-order valence-corrected chi connectivity index (χ1v) is 6.87. The maximum atomic E-state index is 12.1. The quantitative estimate of drug-likeness (QED) is 0.789. The lowest BCUT2D eigenvalue weighted by Crippen LogP contribution is -2.36. The molecule has 8 heteroatoms. The van der Waals surface area contributed by atoms with E-state index in [-0.39, 0.29) is 22.1 Å². The molecule has 0 aliphatic carbocycles. The lowest BCUT2D eigenvalue weighted by molar-refractivity contribution is 0.382. The predicted octanol–water partition coefficient (Wildman–Crippen LogP) is 0.705. The SMILES string of the molecule is C=CCN(C(C)C)S(=O)(=O)c1nnc(N)s1. The molecule has 0 aromatic carbocycles. The average molecular weight is 262 g/mol. The van der Waals surface area contributed by atoms with Gasteiger partial charge in [0.1, 0.15) is 0 Å². The third-order valence-corrected chi connectivity index (χ3v) is 4.98. The van der Waals surface area contributed by atoms with Crippen LogP contribution in [0.1, 0.15) is 13.8 Å². The van der Waals surface area contributed by atoms with Gasteiger partial charge in [-0.2, -0.15) is 4.31 Å². The smallest absolute Gasteiger partial charge is 0.272 e. The minimum Gasteiger partial charge on any atom is -0.374 e. The summed E-state index contributed by atoms with van der Waals surface area (Å²) in [4.78, 5) is 0. The Bertz CT molecular complexity index is 466. The molecule has 0 unspecified atom stereocenters. The Balaban J connectivity index is 3.12. The molecule has 1 aromatic rings. The molecular weight excluding hydrogens is 248 g/mol. The molecule has 0 atom stereocenters. The number of hydrogen-bond acceptors (Lipinski definition) is 6. The van der Waals surface area contributed by atoms with Crippen LogP contribution < -0.4 is 5.73 Å². The summed E-state index contributed by atoms with van der Waals surface area (Å²) in [7, 11) is -3.61. The Labute approximate surface area is 98.8 Å². The van der Waals surface area contributed by atoms with Crippen molar-refractivity contribution in [1.29, 1.82) is 0 Å². The maximum absolute atomic E-state index is 12.1. The highest BCUT2D eigenvalue weighted by Crippen LogP contribution is 2.22. The van der Waals surface area contributed by atoms with Gasteiger partial charge in [0.05, 0.1) is 0 Å². The molecule has 2 N–H and O–H groups in total. The summed E-state index contributed by atoms with van der Waals surface area (Å²) >= 11 is 0.858. The van der Waals surface area contributed by atoms with Crippen LogP contribution in [0.4, 0.5) is 5.13 Å². The zero-order valence-corrected chi connectivity index (χ0v) is 10.8. The van der Waals surface area contributed by atoms with Gasteiger partial charge in [-0.3, -0.25) is 0 Å². The highest BCUT2D eigenvalue weighted by Gasteiger charge is 2.29. The molecule has 90 valence electrons. The van der Waals surface area contributed by atoms with E-state index in [0.29, 0.717) is 0 Å². The van der Waals surface area contributed by atoms with Crippen LogP contribution in [0.15, 0.2) is 17.0 Å². The molecule has 1 aromatic heterocycles. The van der Waals surface area contributed by atoms with E-state index in [2.05, 4.69) is 16.8 Å². The predicted molar refractivity (Wildman–Crippen MR) is 63.5 cm³/mol. The molecule has 16 heavy (non-hydrogen) atoms. The minimum atomic E-state index is -3.61. The number of anilines is 1. The summed E-state index contributed by atoms with van der Waals surface area (Å²) in [5, 5.41) is 7.19. The van der Waals surface area contributed by atoms with Crippen molar-refractivity contribution in [3.8, 4) is 0 Å². The van der Waals surface area contributed by atoms with Gasteiger partial charge in [-0.15, -0.1) is 16.8 Å². The zero-order chi connectivity index (χ0) is 12.3. The number of hydrogen-bond donors (Lipinski definition) is 1. The summed E-state index contributed by atoms with van der Waals surface area (Å²) in [6.45, 7) is 7.33. The Morgan fingerprint density at radius 3 is 2.56 bits per heavy atom. The van der Waals surface area contributed by atoms with Crippen molar-refractivity contribution in [2.24, 2.45) is 0 Å². The van der Waals surface area contributed by atoms with Gasteiger partial charge in [-0.05, 0) is 13.8 Å². The maximum Gasteiger partial charge on any atom is 0.272 e. The Morgan fingerprint density at radius 1 is 1.56 bits per heavy atom. The van der Waals surface area contributed by atoms with E-state index < -0.39 is 10.0 Å². The third-order valence-electron chi connectivity index (χ3n) is 1.84. The monoisotopic (exact) mass is 262 g/mol. The standard InChI is InChI=1S/C8H14N4O2S2/c1-4-5-12(6(2)3)16(13,14)8-11-10-7(9)15-8/h4,6H,1,5H2,2-3H3,(H2,9,10). The molecule has 1 heterocycles. The van der Waals surface area contributed by atoms with Crippen LogP contribution in [0.3, 0.4) is 0 Å². The number of sulfonamides is 1. The average Bonchev–Trinajstić information content (AvgIpc) is 2.61. The van der Waals surface area contributed by atoms with Crippen molar-refractivity contribution in [2.45, 2.75) is 24.2 Å². The molecule has 1 rings (SSSR count). The largest absolute Gasteiger partial charge is 0.374 e. The number of nitrogens with two attached hydrogens (primary N) is 1. The molecule has 0 saturated carbocycles. The molecule has 0 radical (unpaired) electrons. The summed E-state index contributed by atoms with van der Waals surface area (Å²) in [5.74, 6) is 0. The van der Waals surface area contributed by atoms with Crippen LogP contribution in [0.2, 0.25) is 0 Å². The molecule has 6 nitrogen and oxygen atoms in total. The lowest BCUT2D eigenvalue weighted by atomic mass is 10.4. The molecule has 0 saturated heterocycles. The van der Waals surface area contributed by atoms with Crippen LogP contribution in [0.5, 0.6) is 0 Å². The van der Waals surface area contributed by atoms with Crippen molar-refractivity contribution < 1.29 is 8.42 Å². The lowest BCUT2D eigenvalue weighted by Gasteiger charge is -2.22. The minimum absolute atomic E-state index is 0.0828. The normalized spacial score (nSPS) is 12.2. The van der Waals surface area contributed by atoms with Gasteiger partial charge in [0.25, 0.3) is 10.0 Å². The zero-order valence-electron chi connectivity index (χ0n) is 9.12. The van der Waals surface area contributed by atoms with Gasteiger partial charge in [0.15, 0.2) is 0 Å². The van der Waals surface area contributed by atoms with Crippen LogP contribution in [0.25, 0.3) is 0 Å². The fraction of sp³-hybridized carbons (Fsp3) is 0.500. The Morgan fingerprint density at radius 2 is 2.19 bits per heavy atom. The van der Waals surface area contributed by atoms with Crippen molar-refractivity contribution in [3.05, 3.63) is 12.7 Å². The van der Waals surface area contributed by atoms with E-state index in [1.165, 1.54) is 10.4 Å². The van der Waals surface area contributed by atoms with Crippen molar-refractivity contribution >= 4 is 26.5 Å². The second-order valence-electron chi connectivity index (χ2n) is 3.36. The van der Waals surface area contributed by atoms with E-state index in [4.69, 9.17) is 5.73 Å². The summed E-state index contributed by atoms with van der Waals surface area (Å²) < 4.78 is 25.4. The van der Waals surface area contributed by atoms with Crippen molar-refractivity contribution in [2.75, 3.05) is 12.3 Å².